The summed E-state index contributed by atoms with van der Waals surface area (Å²) >= 11 is 6.05. The third kappa shape index (κ3) is 5.13. The van der Waals surface area contributed by atoms with Crippen LogP contribution in [0.2, 0.25) is 5.02 Å². The SMILES string of the molecule is C=C(c1ccc(NC(=O)c2ccc(O)cc2Cl)cc1)N(C)C(C)C1CCCCC1. The summed E-state index contributed by atoms with van der Waals surface area (Å²) in [6.07, 6.45) is 6.60. The molecular formula is C24H29ClN2O2. The zero-order valence-corrected chi connectivity index (χ0v) is 17.9. The Morgan fingerprint density at radius 3 is 2.45 bits per heavy atom. The number of hydrogen-bond acceptors (Lipinski definition) is 3. The highest BCUT2D eigenvalue weighted by molar-refractivity contribution is 6.34. The number of amides is 1. The number of nitrogens with zero attached hydrogens (tertiary/aromatic N) is 1. The second kappa shape index (κ2) is 9.36. The Bertz CT molecular complexity index is 873. The van der Waals surface area contributed by atoms with Crippen molar-refractivity contribution < 1.29 is 9.90 Å². The number of phenols is 1. The van der Waals surface area contributed by atoms with Crippen LogP contribution in [-0.2, 0) is 0 Å². The second-order valence-corrected chi connectivity index (χ2v) is 8.30. The topological polar surface area (TPSA) is 52.6 Å². The van der Waals surface area contributed by atoms with Gasteiger partial charge >= 0.3 is 0 Å². The van der Waals surface area contributed by atoms with Gasteiger partial charge in [0.1, 0.15) is 5.75 Å². The maximum Gasteiger partial charge on any atom is 0.257 e. The molecular weight excluding hydrogens is 384 g/mol. The van der Waals surface area contributed by atoms with E-state index in [1.165, 1.54) is 50.3 Å². The number of hydrogen-bond donors (Lipinski definition) is 2. The molecule has 1 aliphatic carbocycles. The van der Waals surface area contributed by atoms with Crippen LogP contribution in [0.15, 0.2) is 49.0 Å². The van der Waals surface area contributed by atoms with E-state index in [0.29, 0.717) is 17.3 Å². The molecule has 2 N–H and O–H groups in total. The molecule has 0 spiro atoms. The molecule has 1 fully saturated rings. The Balaban J connectivity index is 1.64. The maximum absolute atomic E-state index is 12.4. The normalized spacial score (nSPS) is 15.6. The zero-order valence-electron chi connectivity index (χ0n) is 17.1. The molecule has 0 bridgehead atoms. The molecule has 0 heterocycles. The van der Waals surface area contributed by atoms with E-state index < -0.39 is 0 Å². The van der Waals surface area contributed by atoms with Gasteiger partial charge in [-0.1, -0.05) is 49.6 Å². The number of nitrogens with one attached hydrogen (secondary N) is 1. The molecule has 0 radical (unpaired) electrons. The van der Waals surface area contributed by atoms with Crippen molar-refractivity contribution >= 4 is 28.9 Å². The quantitative estimate of drug-likeness (QED) is 0.596. The Morgan fingerprint density at radius 2 is 1.83 bits per heavy atom. The second-order valence-electron chi connectivity index (χ2n) is 7.89. The molecule has 2 aromatic carbocycles. The van der Waals surface area contributed by atoms with Gasteiger partial charge in [-0.15, -0.1) is 0 Å². The summed E-state index contributed by atoms with van der Waals surface area (Å²) in [6, 6.07) is 12.4. The first-order chi connectivity index (χ1) is 13.9. The first-order valence-electron chi connectivity index (χ1n) is 10.2. The lowest BCUT2D eigenvalue weighted by Crippen LogP contribution is -2.35. The van der Waals surface area contributed by atoms with Crippen LogP contribution in [0, 0.1) is 5.92 Å². The van der Waals surface area contributed by atoms with Gasteiger partial charge in [0.15, 0.2) is 0 Å². The molecule has 1 atom stereocenters. The van der Waals surface area contributed by atoms with E-state index in [0.717, 1.165) is 17.2 Å². The minimum Gasteiger partial charge on any atom is -0.508 e. The van der Waals surface area contributed by atoms with Crippen molar-refractivity contribution in [2.45, 2.75) is 45.1 Å². The summed E-state index contributed by atoms with van der Waals surface area (Å²) < 4.78 is 0. The van der Waals surface area contributed by atoms with Gasteiger partial charge in [0.05, 0.1) is 10.6 Å². The summed E-state index contributed by atoms with van der Waals surface area (Å²) in [6.45, 7) is 6.59. The number of carbonyl (C=O) groups is 1. The Hall–Kier alpha value is -2.46. The Morgan fingerprint density at radius 1 is 1.17 bits per heavy atom. The van der Waals surface area contributed by atoms with Crippen LogP contribution < -0.4 is 5.32 Å². The minimum atomic E-state index is -0.315. The van der Waals surface area contributed by atoms with Crippen molar-refractivity contribution in [2.24, 2.45) is 5.92 Å². The smallest absolute Gasteiger partial charge is 0.257 e. The van der Waals surface area contributed by atoms with Crippen molar-refractivity contribution in [3.63, 3.8) is 0 Å². The molecule has 1 unspecified atom stereocenters. The highest BCUT2D eigenvalue weighted by Crippen LogP contribution is 2.31. The Labute approximate surface area is 178 Å². The molecule has 4 nitrogen and oxygen atoms in total. The van der Waals surface area contributed by atoms with E-state index in [2.05, 4.69) is 30.8 Å². The lowest BCUT2D eigenvalue weighted by Gasteiger charge is -2.36. The molecule has 1 saturated carbocycles. The van der Waals surface area contributed by atoms with Gasteiger partial charge in [-0.3, -0.25) is 4.79 Å². The number of rotatable bonds is 6. The molecule has 5 heteroatoms. The zero-order chi connectivity index (χ0) is 21.0. The van der Waals surface area contributed by atoms with E-state index in [-0.39, 0.29) is 16.7 Å². The molecule has 2 aromatic rings. The summed E-state index contributed by atoms with van der Waals surface area (Å²) in [5.74, 6) is 0.435. The van der Waals surface area contributed by atoms with Crippen molar-refractivity contribution in [2.75, 3.05) is 12.4 Å². The molecule has 0 aliphatic heterocycles. The van der Waals surface area contributed by atoms with Crippen LogP contribution >= 0.6 is 11.6 Å². The fourth-order valence-corrected chi connectivity index (χ4v) is 4.28. The standard InChI is InChI=1S/C24H29ClN2O2/c1-16(18-7-5-4-6-8-18)27(3)17(2)19-9-11-20(12-10-19)26-24(29)22-14-13-21(28)15-23(22)25/h9-16,18,28H,2,4-8H2,1,3H3,(H,26,29). The number of anilines is 1. The molecule has 1 aliphatic rings. The number of benzene rings is 2. The van der Waals surface area contributed by atoms with Crippen molar-refractivity contribution in [1.29, 1.82) is 0 Å². The highest BCUT2D eigenvalue weighted by atomic mass is 35.5. The predicted molar refractivity (Wildman–Crippen MR) is 120 cm³/mol. The summed E-state index contributed by atoms with van der Waals surface area (Å²) in [7, 11) is 2.12. The van der Waals surface area contributed by atoms with Gasteiger partial charge in [0.25, 0.3) is 5.91 Å². The summed E-state index contributed by atoms with van der Waals surface area (Å²) in [5, 5.41) is 12.5. The van der Waals surface area contributed by atoms with Crippen LogP contribution in [0.1, 0.15) is 54.9 Å². The van der Waals surface area contributed by atoms with E-state index in [9.17, 15) is 9.90 Å². The van der Waals surface area contributed by atoms with Gasteiger partial charge in [0, 0.05) is 24.5 Å². The predicted octanol–water partition coefficient (Wildman–Crippen LogP) is 6.17. The number of phenolic OH excluding ortho intramolecular Hbond substituents is 1. The number of halogens is 1. The van der Waals surface area contributed by atoms with Crippen LogP contribution in [0.5, 0.6) is 5.75 Å². The third-order valence-corrected chi connectivity index (χ3v) is 6.35. The number of carbonyl (C=O) groups excluding carboxylic acids is 1. The lowest BCUT2D eigenvalue weighted by molar-refractivity contribution is 0.102. The fraction of sp³-hybridized carbons (Fsp3) is 0.375. The molecule has 154 valence electrons. The van der Waals surface area contributed by atoms with E-state index in [1.807, 2.05) is 24.3 Å². The molecule has 29 heavy (non-hydrogen) atoms. The maximum atomic E-state index is 12.4. The average molecular weight is 413 g/mol. The van der Waals surface area contributed by atoms with E-state index in [1.54, 1.807) is 0 Å². The average Bonchev–Trinajstić information content (AvgIpc) is 2.73. The van der Waals surface area contributed by atoms with Gasteiger partial charge in [-0.25, -0.2) is 0 Å². The first kappa shape index (κ1) is 21.3. The highest BCUT2D eigenvalue weighted by Gasteiger charge is 2.24. The Kier molecular flexibility index (Phi) is 6.86. The largest absolute Gasteiger partial charge is 0.508 e. The minimum absolute atomic E-state index is 0.0287. The van der Waals surface area contributed by atoms with E-state index >= 15 is 0 Å². The fourth-order valence-electron chi connectivity index (χ4n) is 4.01. The van der Waals surface area contributed by atoms with Crippen LogP contribution in [0.3, 0.4) is 0 Å². The van der Waals surface area contributed by atoms with Crippen LogP contribution in [-0.4, -0.2) is 29.0 Å². The first-order valence-corrected chi connectivity index (χ1v) is 10.6. The van der Waals surface area contributed by atoms with Gasteiger partial charge in [-0.2, -0.15) is 0 Å². The van der Waals surface area contributed by atoms with E-state index in [4.69, 9.17) is 11.6 Å². The molecule has 3 rings (SSSR count). The van der Waals surface area contributed by atoms with Crippen molar-refractivity contribution in [3.8, 4) is 5.75 Å². The van der Waals surface area contributed by atoms with Gasteiger partial charge < -0.3 is 15.3 Å². The van der Waals surface area contributed by atoms with Crippen molar-refractivity contribution in [1.82, 2.24) is 4.90 Å². The van der Waals surface area contributed by atoms with Crippen LogP contribution in [0.4, 0.5) is 5.69 Å². The molecule has 0 saturated heterocycles. The van der Waals surface area contributed by atoms with Gasteiger partial charge in [-0.05, 0) is 61.6 Å². The lowest BCUT2D eigenvalue weighted by atomic mass is 9.84. The van der Waals surface area contributed by atoms with Crippen LogP contribution in [0.25, 0.3) is 5.70 Å². The number of aromatic hydroxyl groups is 1. The van der Waals surface area contributed by atoms with Gasteiger partial charge in [0.2, 0.25) is 0 Å². The van der Waals surface area contributed by atoms with Crippen molar-refractivity contribution in [3.05, 3.63) is 65.2 Å². The summed E-state index contributed by atoms with van der Waals surface area (Å²) in [4.78, 5) is 14.7. The molecule has 0 aromatic heterocycles. The monoisotopic (exact) mass is 412 g/mol. The molecule has 1 amide bonds. The third-order valence-electron chi connectivity index (χ3n) is 6.04. The summed E-state index contributed by atoms with van der Waals surface area (Å²) in [5.41, 5.74) is 3.02.